The summed E-state index contributed by atoms with van der Waals surface area (Å²) in [5.41, 5.74) is 4.30. The summed E-state index contributed by atoms with van der Waals surface area (Å²) in [6.07, 6.45) is -3.28. The highest BCUT2D eigenvalue weighted by atomic mass is 19.4. The third-order valence-corrected chi connectivity index (χ3v) is 7.87. The van der Waals surface area contributed by atoms with Crippen LogP contribution in [0.1, 0.15) is 55.1 Å². The molecule has 0 radical (unpaired) electrons. The van der Waals surface area contributed by atoms with E-state index < -0.39 is 36.3 Å². The van der Waals surface area contributed by atoms with Crippen molar-refractivity contribution in [3.63, 3.8) is 0 Å². The van der Waals surface area contributed by atoms with E-state index in [1.165, 1.54) is 32.0 Å². The standard InChI is InChI=1S/C28H32F4N4O3/c1-27(2,29)12-21(25(33)37)34-24(28(30,31)32)15-4-8-19-20-10-16(5-9-22(20)39-23(19)11-15)26(38)36-14-17-6-7-18(36)13-35(17)3/h4-5,8-11,17-18,21,24,34H,6-7,12-14H2,1-3H3,(H2,33,37)/t17?,18?,21?,24-/m0/s1. The third kappa shape index (κ3) is 5.47. The number of piperazine rings is 1. The lowest BCUT2D eigenvalue weighted by Crippen LogP contribution is -2.62. The average Bonchev–Trinajstić information content (AvgIpc) is 3.21. The van der Waals surface area contributed by atoms with E-state index in [1.807, 2.05) is 4.90 Å². The molecule has 0 saturated carbocycles. The second kappa shape index (κ2) is 9.78. The van der Waals surface area contributed by atoms with Crippen LogP contribution in [0, 0.1) is 0 Å². The van der Waals surface area contributed by atoms with E-state index in [2.05, 4.69) is 17.3 Å². The second-order valence-corrected chi connectivity index (χ2v) is 11.4. The molecule has 39 heavy (non-hydrogen) atoms. The minimum Gasteiger partial charge on any atom is -0.456 e. The van der Waals surface area contributed by atoms with Crippen molar-refractivity contribution in [3.05, 3.63) is 47.5 Å². The van der Waals surface area contributed by atoms with Crippen LogP contribution < -0.4 is 11.1 Å². The van der Waals surface area contributed by atoms with Crippen molar-refractivity contribution in [3.8, 4) is 0 Å². The van der Waals surface area contributed by atoms with Crippen molar-refractivity contribution in [2.45, 2.75) is 69.1 Å². The maximum absolute atomic E-state index is 14.2. The van der Waals surface area contributed by atoms with Gasteiger partial charge in [0.15, 0.2) is 0 Å². The summed E-state index contributed by atoms with van der Waals surface area (Å²) in [6.45, 7) is 3.84. The fourth-order valence-electron chi connectivity index (χ4n) is 5.87. The van der Waals surface area contributed by atoms with Gasteiger partial charge in [0.05, 0.1) is 6.04 Å². The number of nitrogens with zero attached hydrogens (tertiary/aromatic N) is 2. The van der Waals surface area contributed by atoms with Gasteiger partial charge >= 0.3 is 6.18 Å². The van der Waals surface area contributed by atoms with E-state index >= 15 is 0 Å². The van der Waals surface area contributed by atoms with Crippen LogP contribution in [0.3, 0.4) is 0 Å². The van der Waals surface area contributed by atoms with Gasteiger partial charge in [0.2, 0.25) is 5.91 Å². The fraction of sp³-hybridized carbons (Fsp3) is 0.500. The van der Waals surface area contributed by atoms with Gasteiger partial charge < -0.3 is 15.1 Å². The van der Waals surface area contributed by atoms with Gasteiger partial charge in [0.25, 0.3) is 5.91 Å². The van der Waals surface area contributed by atoms with Crippen molar-refractivity contribution >= 4 is 33.8 Å². The molecule has 2 aromatic carbocycles. The summed E-state index contributed by atoms with van der Waals surface area (Å²) < 4.78 is 62.3. The Morgan fingerprint density at radius 2 is 1.74 bits per heavy atom. The largest absolute Gasteiger partial charge is 0.456 e. The number of nitrogens with two attached hydrogens (primary N) is 1. The van der Waals surface area contributed by atoms with Crippen LogP contribution in [0.15, 0.2) is 40.8 Å². The Hall–Kier alpha value is -3.18. The third-order valence-electron chi connectivity index (χ3n) is 7.87. The normalized spacial score (nSPS) is 22.0. The number of likely N-dealkylation sites (N-methyl/N-ethyl adjacent to an activating group) is 1. The van der Waals surface area contributed by atoms with Crippen molar-refractivity contribution in [2.24, 2.45) is 5.73 Å². The molecule has 4 heterocycles. The molecule has 4 atom stereocenters. The number of fused-ring (bicyclic) bond motifs is 6. The summed E-state index contributed by atoms with van der Waals surface area (Å²) in [5.74, 6) is -1.15. The summed E-state index contributed by atoms with van der Waals surface area (Å²) in [4.78, 5) is 29.4. The van der Waals surface area contributed by atoms with Crippen LogP contribution in [-0.2, 0) is 4.79 Å². The van der Waals surface area contributed by atoms with Crippen LogP contribution in [-0.4, -0.2) is 71.7 Å². The lowest BCUT2D eigenvalue weighted by Gasteiger charge is -2.50. The van der Waals surface area contributed by atoms with Gasteiger partial charge in [-0.25, -0.2) is 4.39 Å². The predicted octanol–water partition coefficient (Wildman–Crippen LogP) is 4.69. The molecule has 3 aromatic rings. The number of nitrogens with one attached hydrogen (secondary N) is 1. The number of carbonyl (C=O) groups is 2. The molecular formula is C28H32F4N4O3. The lowest BCUT2D eigenvalue weighted by molar-refractivity contribution is -0.161. The van der Waals surface area contributed by atoms with Crippen LogP contribution in [0.2, 0.25) is 0 Å². The lowest BCUT2D eigenvalue weighted by atomic mass is 9.90. The van der Waals surface area contributed by atoms with Gasteiger partial charge in [-0.3, -0.25) is 19.8 Å². The van der Waals surface area contributed by atoms with Crippen LogP contribution in [0.5, 0.6) is 0 Å². The predicted molar refractivity (Wildman–Crippen MR) is 139 cm³/mol. The van der Waals surface area contributed by atoms with Gasteiger partial charge in [-0.15, -0.1) is 0 Å². The van der Waals surface area contributed by atoms with Crippen molar-refractivity contribution in [1.29, 1.82) is 0 Å². The number of piperidine rings is 2. The number of benzene rings is 2. The minimum atomic E-state index is -4.80. The Balaban J connectivity index is 1.46. The number of rotatable bonds is 7. The topological polar surface area (TPSA) is 91.8 Å². The highest BCUT2D eigenvalue weighted by molar-refractivity contribution is 6.08. The highest BCUT2D eigenvalue weighted by Gasteiger charge is 2.44. The maximum Gasteiger partial charge on any atom is 0.407 e. The molecule has 210 valence electrons. The molecule has 3 aliphatic heterocycles. The van der Waals surface area contributed by atoms with E-state index in [9.17, 15) is 27.2 Å². The monoisotopic (exact) mass is 548 g/mol. The first-order valence-electron chi connectivity index (χ1n) is 13.0. The molecule has 6 rings (SSSR count). The molecular weight excluding hydrogens is 516 g/mol. The zero-order valence-corrected chi connectivity index (χ0v) is 22.0. The van der Waals surface area contributed by atoms with Crippen molar-refractivity contribution in [1.82, 2.24) is 15.1 Å². The molecule has 2 amide bonds. The number of carbonyl (C=O) groups excluding carboxylic acids is 2. The average molecular weight is 549 g/mol. The first-order valence-corrected chi connectivity index (χ1v) is 13.0. The molecule has 3 fully saturated rings. The molecule has 7 nitrogen and oxygen atoms in total. The van der Waals surface area contributed by atoms with E-state index in [0.29, 0.717) is 34.5 Å². The molecule has 2 bridgehead atoms. The Morgan fingerprint density at radius 1 is 1.03 bits per heavy atom. The highest BCUT2D eigenvalue weighted by Crippen LogP contribution is 2.38. The van der Waals surface area contributed by atoms with Gasteiger partial charge in [0, 0.05) is 47.9 Å². The smallest absolute Gasteiger partial charge is 0.407 e. The summed E-state index contributed by atoms with van der Waals surface area (Å²) in [5, 5.41) is 3.38. The first kappa shape index (κ1) is 27.4. The van der Waals surface area contributed by atoms with E-state index in [1.54, 1.807) is 18.2 Å². The van der Waals surface area contributed by atoms with Crippen LogP contribution in [0.4, 0.5) is 17.6 Å². The Bertz CT molecular complexity index is 1410. The fourth-order valence-corrected chi connectivity index (χ4v) is 5.87. The maximum atomic E-state index is 14.2. The summed E-state index contributed by atoms with van der Waals surface area (Å²) in [6, 6.07) is 5.78. The van der Waals surface area contributed by atoms with E-state index in [4.69, 9.17) is 10.2 Å². The van der Waals surface area contributed by atoms with Gasteiger partial charge in [-0.1, -0.05) is 12.1 Å². The molecule has 11 heteroatoms. The second-order valence-electron chi connectivity index (χ2n) is 11.4. The van der Waals surface area contributed by atoms with Crippen molar-refractivity contribution in [2.75, 3.05) is 20.1 Å². The molecule has 3 saturated heterocycles. The van der Waals surface area contributed by atoms with Crippen LogP contribution >= 0.6 is 0 Å². The summed E-state index contributed by atoms with van der Waals surface area (Å²) >= 11 is 0. The SMILES string of the molecule is CN1CC2CCC1CN2C(=O)c1ccc2oc3cc([C@H](NC(CC(C)(C)F)C(N)=O)C(F)(F)F)ccc3c2c1. The zero-order chi connectivity index (χ0) is 28.3. The zero-order valence-electron chi connectivity index (χ0n) is 22.0. The number of hydrogen-bond acceptors (Lipinski definition) is 5. The van der Waals surface area contributed by atoms with Gasteiger partial charge in [0.1, 0.15) is 22.9 Å². The van der Waals surface area contributed by atoms with E-state index in [0.717, 1.165) is 19.4 Å². The van der Waals surface area contributed by atoms with Gasteiger partial charge in [-0.05, 0) is 63.6 Å². The quantitative estimate of drug-likeness (QED) is 0.418. The number of hydrogen-bond donors (Lipinski definition) is 2. The first-order chi connectivity index (χ1) is 18.2. The number of furan rings is 1. The molecule has 1 aromatic heterocycles. The van der Waals surface area contributed by atoms with Crippen LogP contribution in [0.25, 0.3) is 21.9 Å². The molecule has 3 N–H and O–H groups in total. The number of alkyl halides is 4. The number of halogens is 4. The van der Waals surface area contributed by atoms with Gasteiger partial charge in [-0.2, -0.15) is 13.2 Å². The minimum absolute atomic E-state index is 0.0692. The molecule has 3 aliphatic rings. The molecule has 0 spiro atoms. The number of primary amides is 1. The number of amides is 2. The molecule has 3 unspecified atom stereocenters. The van der Waals surface area contributed by atoms with E-state index in [-0.39, 0.29) is 23.1 Å². The molecule has 0 aliphatic carbocycles. The Kier molecular flexibility index (Phi) is 6.87. The summed E-state index contributed by atoms with van der Waals surface area (Å²) in [7, 11) is 2.07. The Labute approximate surface area is 223 Å². The Morgan fingerprint density at radius 3 is 2.33 bits per heavy atom. The van der Waals surface area contributed by atoms with Crippen molar-refractivity contribution < 1.29 is 31.6 Å².